The van der Waals surface area contributed by atoms with E-state index in [2.05, 4.69) is 14.5 Å². The molecule has 96 valence electrons. The van der Waals surface area contributed by atoms with Crippen molar-refractivity contribution in [3.05, 3.63) is 40.2 Å². The minimum atomic E-state index is -4.70. The zero-order valence-electron chi connectivity index (χ0n) is 8.59. The van der Waals surface area contributed by atoms with Gasteiger partial charge in [-0.15, -0.1) is 4.68 Å². The number of alkyl halides is 3. The number of rotatable bonds is 3. The van der Waals surface area contributed by atoms with E-state index in [0.717, 1.165) is 16.9 Å². The maximum Gasteiger partial charge on any atom is 0.451 e. The van der Waals surface area contributed by atoms with E-state index in [9.17, 15) is 23.3 Å². The van der Waals surface area contributed by atoms with Gasteiger partial charge in [0.15, 0.2) is 12.9 Å². The highest BCUT2D eigenvalue weighted by Gasteiger charge is 2.39. The summed E-state index contributed by atoms with van der Waals surface area (Å²) in [6, 6.07) is 1.08. The van der Waals surface area contributed by atoms with E-state index in [-0.39, 0.29) is 0 Å². The Kier molecular flexibility index (Phi) is 2.77. The lowest BCUT2D eigenvalue weighted by atomic mass is 10.3. The number of halogens is 3. The van der Waals surface area contributed by atoms with Crippen LogP contribution >= 0.6 is 0 Å². The predicted octanol–water partition coefficient (Wildman–Crippen LogP) is 1.85. The highest BCUT2D eigenvalue weighted by Crippen LogP contribution is 2.32. The van der Waals surface area contributed by atoms with Crippen molar-refractivity contribution in [2.45, 2.75) is 12.7 Å². The fourth-order valence-corrected chi connectivity index (χ4v) is 1.36. The molecule has 2 heterocycles. The van der Waals surface area contributed by atoms with Gasteiger partial charge >= 0.3 is 12.0 Å². The van der Waals surface area contributed by atoms with Crippen LogP contribution in [0.4, 0.5) is 19.0 Å². The summed E-state index contributed by atoms with van der Waals surface area (Å²) < 4.78 is 42.4. The molecule has 0 N–H and O–H groups in total. The van der Waals surface area contributed by atoms with Gasteiger partial charge < -0.3 is 14.5 Å². The number of nitro groups is 1. The van der Waals surface area contributed by atoms with Crippen LogP contribution in [-0.4, -0.2) is 19.7 Å². The van der Waals surface area contributed by atoms with Crippen LogP contribution < -0.4 is 0 Å². The first kappa shape index (κ1) is 12.1. The molecule has 0 saturated heterocycles. The van der Waals surface area contributed by atoms with E-state index in [1.54, 1.807) is 0 Å². The van der Waals surface area contributed by atoms with E-state index in [1.165, 1.54) is 0 Å². The van der Waals surface area contributed by atoms with Crippen LogP contribution in [-0.2, 0) is 12.7 Å². The van der Waals surface area contributed by atoms with Gasteiger partial charge in [-0.3, -0.25) is 0 Å². The quantitative estimate of drug-likeness (QED) is 0.622. The second-order valence-electron chi connectivity index (χ2n) is 3.23. The third-order valence-electron chi connectivity index (χ3n) is 2.08. The molecular weight excluding hydrogens is 257 g/mol. The molecule has 2 rings (SSSR count). The second kappa shape index (κ2) is 4.13. The van der Waals surface area contributed by atoms with Gasteiger partial charge in [-0.25, -0.2) is 4.98 Å². The van der Waals surface area contributed by atoms with Gasteiger partial charge in [0.1, 0.15) is 5.69 Å². The average molecular weight is 262 g/mol. The summed E-state index contributed by atoms with van der Waals surface area (Å²) in [6.07, 6.45) is -2.95. The van der Waals surface area contributed by atoms with Gasteiger partial charge in [0.25, 0.3) is 0 Å². The molecule has 0 amide bonds. The SMILES string of the molecule is O=[N+]([O-])c1ccnn1Cc1ncoc1C(F)(F)F. The average Bonchev–Trinajstić information content (AvgIpc) is 2.85. The summed E-state index contributed by atoms with van der Waals surface area (Å²) in [6.45, 7) is -0.491. The largest absolute Gasteiger partial charge is 0.451 e. The van der Waals surface area contributed by atoms with Gasteiger partial charge in [0, 0.05) is 0 Å². The highest BCUT2D eigenvalue weighted by atomic mass is 19.4. The molecule has 10 heteroatoms. The Morgan fingerprint density at radius 1 is 1.50 bits per heavy atom. The third kappa shape index (κ3) is 2.17. The van der Waals surface area contributed by atoms with Gasteiger partial charge in [0.2, 0.25) is 5.76 Å². The van der Waals surface area contributed by atoms with Crippen LogP contribution in [0, 0.1) is 10.1 Å². The topological polar surface area (TPSA) is 87.0 Å². The number of oxazole rings is 1. The molecule has 0 radical (unpaired) electrons. The Hall–Kier alpha value is -2.39. The van der Waals surface area contributed by atoms with Gasteiger partial charge in [-0.05, 0) is 4.92 Å². The van der Waals surface area contributed by atoms with Crippen molar-refractivity contribution in [3.8, 4) is 0 Å². The van der Waals surface area contributed by atoms with Crippen molar-refractivity contribution in [1.82, 2.24) is 14.8 Å². The third-order valence-corrected chi connectivity index (χ3v) is 2.08. The molecule has 18 heavy (non-hydrogen) atoms. The fraction of sp³-hybridized carbons (Fsp3) is 0.250. The Balaban J connectivity index is 2.33. The predicted molar refractivity (Wildman–Crippen MR) is 49.5 cm³/mol. The Morgan fingerprint density at radius 3 is 2.83 bits per heavy atom. The highest BCUT2D eigenvalue weighted by molar-refractivity contribution is 5.19. The molecule has 0 aliphatic carbocycles. The molecule has 0 bridgehead atoms. The summed E-state index contributed by atoms with van der Waals surface area (Å²) in [5.74, 6) is -1.71. The standard InChI is InChI=1S/C8H5F3N4O3/c9-8(10,11)7-5(12-4-18-7)3-14-6(15(16)17)1-2-13-14/h1-2,4H,3H2. The van der Waals surface area contributed by atoms with Crippen molar-refractivity contribution in [2.75, 3.05) is 0 Å². The lowest BCUT2D eigenvalue weighted by Crippen LogP contribution is -2.12. The molecule has 7 nitrogen and oxygen atoms in total. The molecule has 2 aromatic rings. The van der Waals surface area contributed by atoms with Crippen molar-refractivity contribution < 1.29 is 22.5 Å². The molecule has 0 aliphatic rings. The Morgan fingerprint density at radius 2 is 2.22 bits per heavy atom. The second-order valence-corrected chi connectivity index (χ2v) is 3.23. The zero-order chi connectivity index (χ0) is 13.3. The van der Waals surface area contributed by atoms with E-state index < -0.39 is 34.9 Å². The van der Waals surface area contributed by atoms with E-state index in [1.807, 2.05) is 0 Å². The van der Waals surface area contributed by atoms with Crippen molar-refractivity contribution in [1.29, 1.82) is 0 Å². The molecule has 0 atom stereocenters. The van der Waals surface area contributed by atoms with E-state index >= 15 is 0 Å². The minimum absolute atomic E-state index is 0.425. The summed E-state index contributed by atoms with van der Waals surface area (Å²) in [4.78, 5) is 13.2. The molecule has 2 aromatic heterocycles. The molecule has 0 aromatic carbocycles. The van der Waals surface area contributed by atoms with Crippen molar-refractivity contribution in [3.63, 3.8) is 0 Å². The summed E-state index contributed by atoms with van der Waals surface area (Å²) in [7, 11) is 0. The summed E-state index contributed by atoms with van der Waals surface area (Å²) in [5.41, 5.74) is -0.464. The van der Waals surface area contributed by atoms with Crippen molar-refractivity contribution in [2.24, 2.45) is 0 Å². The molecule has 0 unspecified atom stereocenters. The van der Waals surface area contributed by atoms with Crippen LogP contribution in [0.5, 0.6) is 0 Å². The number of nitrogens with zero attached hydrogens (tertiary/aromatic N) is 4. The molecule has 0 saturated carbocycles. The van der Waals surface area contributed by atoms with Crippen LogP contribution in [0.2, 0.25) is 0 Å². The maximum absolute atomic E-state index is 12.5. The van der Waals surface area contributed by atoms with Crippen LogP contribution in [0.25, 0.3) is 0 Å². The summed E-state index contributed by atoms with van der Waals surface area (Å²) in [5, 5.41) is 14.1. The van der Waals surface area contributed by atoms with Crippen LogP contribution in [0.1, 0.15) is 11.5 Å². The number of aromatic nitrogens is 3. The lowest BCUT2D eigenvalue weighted by Gasteiger charge is -2.03. The van der Waals surface area contributed by atoms with Gasteiger partial charge in [0.05, 0.1) is 12.3 Å². The molecule has 0 aliphatic heterocycles. The van der Waals surface area contributed by atoms with E-state index in [4.69, 9.17) is 0 Å². The smallest absolute Gasteiger partial charge is 0.438 e. The first-order valence-electron chi connectivity index (χ1n) is 4.55. The Labute approximate surface area is 97.0 Å². The molecule has 0 fully saturated rings. The number of hydrogen-bond donors (Lipinski definition) is 0. The normalized spacial score (nSPS) is 11.7. The summed E-state index contributed by atoms with van der Waals surface area (Å²) >= 11 is 0. The molecular formula is C8H5F3N4O3. The van der Waals surface area contributed by atoms with E-state index in [0.29, 0.717) is 6.39 Å². The Bertz CT molecular complexity index is 574. The minimum Gasteiger partial charge on any atom is -0.438 e. The fourth-order valence-electron chi connectivity index (χ4n) is 1.36. The maximum atomic E-state index is 12.5. The van der Waals surface area contributed by atoms with Gasteiger partial charge in [-0.2, -0.15) is 13.2 Å². The van der Waals surface area contributed by atoms with Gasteiger partial charge in [-0.1, -0.05) is 5.10 Å². The first-order chi connectivity index (χ1) is 8.39. The van der Waals surface area contributed by atoms with Crippen molar-refractivity contribution >= 4 is 5.82 Å². The van der Waals surface area contributed by atoms with Crippen LogP contribution in [0.3, 0.4) is 0 Å². The first-order valence-corrected chi connectivity index (χ1v) is 4.55. The number of hydrogen-bond acceptors (Lipinski definition) is 5. The van der Waals surface area contributed by atoms with Crippen LogP contribution in [0.15, 0.2) is 23.1 Å². The zero-order valence-corrected chi connectivity index (χ0v) is 8.59. The monoisotopic (exact) mass is 262 g/mol. The molecule has 0 spiro atoms. The lowest BCUT2D eigenvalue weighted by molar-refractivity contribution is -0.392.